The summed E-state index contributed by atoms with van der Waals surface area (Å²) in [7, 11) is 3.29. The van der Waals surface area contributed by atoms with Crippen LogP contribution in [0.2, 0.25) is 0 Å². The molecule has 0 aliphatic heterocycles. The van der Waals surface area contributed by atoms with Crippen molar-refractivity contribution in [3.63, 3.8) is 0 Å². The number of esters is 1. The van der Waals surface area contributed by atoms with E-state index in [0.29, 0.717) is 17.0 Å². The van der Waals surface area contributed by atoms with E-state index in [-0.39, 0.29) is 11.5 Å². The Balaban J connectivity index is 2.24. The molecule has 0 aliphatic carbocycles. The smallest absolute Gasteiger partial charge is 0.343 e. The molecule has 130 valence electrons. The van der Waals surface area contributed by atoms with Gasteiger partial charge in [-0.3, -0.25) is 4.79 Å². The van der Waals surface area contributed by atoms with Crippen LogP contribution in [0.1, 0.15) is 26.3 Å². The van der Waals surface area contributed by atoms with Crippen molar-refractivity contribution in [1.82, 2.24) is 4.90 Å². The molecule has 0 fully saturated rings. The predicted molar refractivity (Wildman–Crippen MR) is 93.8 cm³/mol. The fourth-order valence-electron chi connectivity index (χ4n) is 2.13. The molecule has 2 aromatic carbocycles. The highest BCUT2D eigenvalue weighted by molar-refractivity contribution is 5.96. The maximum Gasteiger partial charge on any atom is 0.343 e. The number of urea groups is 1. The summed E-state index contributed by atoms with van der Waals surface area (Å²) in [5.74, 6) is -0.499. The predicted octanol–water partition coefficient (Wildman–Crippen LogP) is 2.41. The van der Waals surface area contributed by atoms with Gasteiger partial charge < -0.3 is 20.7 Å². The molecule has 0 saturated heterocycles. The summed E-state index contributed by atoms with van der Waals surface area (Å²) in [6.07, 6.45) is 0. The number of primary amides is 1. The second-order valence-electron chi connectivity index (χ2n) is 5.64. The number of nitrogens with two attached hydrogens (primary N) is 1. The quantitative estimate of drug-likeness (QED) is 0.658. The maximum absolute atomic E-state index is 12.4. The van der Waals surface area contributed by atoms with E-state index in [1.54, 1.807) is 51.4 Å². The highest BCUT2D eigenvalue weighted by atomic mass is 16.5. The first-order chi connectivity index (χ1) is 11.8. The minimum Gasteiger partial charge on any atom is -0.423 e. The highest BCUT2D eigenvalue weighted by Gasteiger charge is 2.15. The number of hydrogen-bond donors (Lipinski definition) is 2. The molecular weight excluding hydrogens is 322 g/mol. The number of amides is 3. The normalized spacial score (nSPS) is 10.0. The summed E-state index contributed by atoms with van der Waals surface area (Å²) in [6, 6.07) is 10.4. The minimum atomic E-state index is -0.726. The van der Waals surface area contributed by atoms with Gasteiger partial charge in [0.05, 0.1) is 5.56 Å². The second kappa shape index (κ2) is 7.48. The largest absolute Gasteiger partial charge is 0.423 e. The molecule has 3 N–H and O–H groups in total. The van der Waals surface area contributed by atoms with E-state index in [1.165, 1.54) is 17.0 Å². The number of rotatable bonds is 4. The lowest BCUT2D eigenvalue weighted by atomic mass is 10.1. The molecule has 7 nitrogen and oxygen atoms in total. The summed E-state index contributed by atoms with van der Waals surface area (Å²) in [5.41, 5.74) is 6.83. The van der Waals surface area contributed by atoms with Gasteiger partial charge in [0, 0.05) is 25.3 Å². The van der Waals surface area contributed by atoms with E-state index in [9.17, 15) is 14.4 Å². The number of nitrogens with zero attached hydrogens (tertiary/aromatic N) is 1. The van der Waals surface area contributed by atoms with Crippen LogP contribution in [0.3, 0.4) is 0 Å². The number of anilines is 1. The van der Waals surface area contributed by atoms with E-state index in [0.717, 1.165) is 5.56 Å². The number of carbonyl (C=O) groups excluding carboxylic acids is 3. The Morgan fingerprint density at radius 1 is 1.04 bits per heavy atom. The van der Waals surface area contributed by atoms with Gasteiger partial charge in [0.15, 0.2) is 0 Å². The van der Waals surface area contributed by atoms with Crippen LogP contribution in [0, 0.1) is 6.92 Å². The third kappa shape index (κ3) is 4.57. The Labute approximate surface area is 145 Å². The maximum atomic E-state index is 12.4. The van der Waals surface area contributed by atoms with Gasteiger partial charge in [0.2, 0.25) is 0 Å². The summed E-state index contributed by atoms with van der Waals surface area (Å²) >= 11 is 0. The van der Waals surface area contributed by atoms with Crippen molar-refractivity contribution < 1.29 is 19.1 Å². The molecule has 3 amide bonds. The van der Waals surface area contributed by atoms with Crippen molar-refractivity contribution in [2.75, 3.05) is 19.4 Å². The zero-order valence-electron chi connectivity index (χ0n) is 14.2. The van der Waals surface area contributed by atoms with Crippen molar-refractivity contribution in [1.29, 1.82) is 0 Å². The fraction of sp³-hybridized carbons (Fsp3) is 0.167. The van der Waals surface area contributed by atoms with Gasteiger partial charge in [0.25, 0.3) is 5.91 Å². The van der Waals surface area contributed by atoms with Gasteiger partial charge in [-0.2, -0.15) is 0 Å². The van der Waals surface area contributed by atoms with Crippen LogP contribution in [0.5, 0.6) is 5.75 Å². The summed E-state index contributed by atoms with van der Waals surface area (Å²) in [5, 5.41) is 2.39. The van der Waals surface area contributed by atoms with Gasteiger partial charge >= 0.3 is 12.0 Å². The molecule has 7 heteroatoms. The van der Waals surface area contributed by atoms with E-state index in [4.69, 9.17) is 10.5 Å². The molecule has 0 aromatic heterocycles. The van der Waals surface area contributed by atoms with Crippen LogP contribution < -0.4 is 15.8 Å². The van der Waals surface area contributed by atoms with Crippen LogP contribution in [0.15, 0.2) is 42.5 Å². The summed E-state index contributed by atoms with van der Waals surface area (Å²) in [6.45, 7) is 1.78. The van der Waals surface area contributed by atoms with Crippen molar-refractivity contribution in [3.05, 3.63) is 59.2 Å². The number of hydrogen-bond acceptors (Lipinski definition) is 4. The van der Waals surface area contributed by atoms with Gasteiger partial charge in [-0.15, -0.1) is 0 Å². The molecule has 0 radical (unpaired) electrons. The lowest BCUT2D eigenvalue weighted by Crippen LogP contribution is -2.22. The first-order valence-corrected chi connectivity index (χ1v) is 7.49. The van der Waals surface area contributed by atoms with Crippen LogP contribution >= 0.6 is 0 Å². The molecule has 0 heterocycles. The molecule has 2 rings (SSSR count). The lowest BCUT2D eigenvalue weighted by Gasteiger charge is -2.13. The standard InChI is InChI=1S/C18H19N3O4/c1-11-7-8-12(16(22)21(2)3)10-15(11)25-17(23)13-5-4-6-14(9-13)20-18(19)24/h4-10H,1-3H3,(H3,19,20,24). The number of benzene rings is 2. The Morgan fingerprint density at radius 3 is 2.40 bits per heavy atom. The molecule has 25 heavy (non-hydrogen) atoms. The van der Waals surface area contributed by atoms with Crippen LogP contribution in [0.4, 0.5) is 10.5 Å². The highest BCUT2D eigenvalue weighted by Crippen LogP contribution is 2.22. The summed E-state index contributed by atoms with van der Waals surface area (Å²) in [4.78, 5) is 36.7. The Morgan fingerprint density at radius 2 is 1.76 bits per heavy atom. The minimum absolute atomic E-state index is 0.190. The average Bonchev–Trinajstić information content (AvgIpc) is 2.55. The number of nitrogens with one attached hydrogen (secondary N) is 1. The third-order valence-electron chi connectivity index (χ3n) is 3.41. The van der Waals surface area contributed by atoms with Crippen LogP contribution in [-0.2, 0) is 0 Å². The van der Waals surface area contributed by atoms with Crippen molar-refractivity contribution in [2.24, 2.45) is 5.73 Å². The zero-order chi connectivity index (χ0) is 18.6. The van der Waals surface area contributed by atoms with Crippen molar-refractivity contribution in [2.45, 2.75) is 6.92 Å². The number of ether oxygens (including phenoxy) is 1. The molecule has 0 aliphatic rings. The van der Waals surface area contributed by atoms with Gasteiger partial charge in [-0.1, -0.05) is 12.1 Å². The van der Waals surface area contributed by atoms with E-state index < -0.39 is 12.0 Å². The molecule has 2 aromatic rings. The average molecular weight is 341 g/mol. The Kier molecular flexibility index (Phi) is 5.38. The van der Waals surface area contributed by atoms with Crippen molar-refractivity contribution >= 4 is 23.6 Å². The second-order valence-corrected chi connectivity index (χ2v) is 5.64. The Bertz CT molecular complexity index is 831. The molecule has 0 spiro atoms. The van der Waals surface area contributed by atoms with Crippen molar-refractivity contribution in [3.8, 4) is 5.75 Å². The van der Waals surface area contributed by atoms with E-state index >= 15 is 0 Å². The zero-order valence-corrected chi connectivity index (χ0v) is 14.2. The van der Waals surface area contributed by atoms with Gasteiger partial charge in [-0.25, -0.2) is 9.59 Å². The molecule has 0 saturated carbocycles. The topological polar surface area (TPSA) is 102 Å². The van der Waals surface area contributed by atoms with Crippen LogP contribution in [-0.4, -0.2) is 36.9 Å². The molecule has 0 atom stereocenters. The van der Waals surface area contributed by atoms with Gasteiger partial charge in [-0.05, 0) is 42.8 Å². The Hall–Kier alpha value is -3.35. The number of carbonyl (C=O) groups is 3. The molecule has 0 bridgehead atoms. The monoisotopic (exact) mass is 341 g/mol. The first-order valence-electron chi connectivity index (χ1n) is 7.49. The van der Waals surface area contributed by atoms with Gasteiger partial charge in [0.1, 0.15) is 5.75 Å². The van der Waals surface area contributed by atoms with E-state index in [2.05, 4.69) is 5.32 Å². The lowest BCUT2D eigenvalue weighted by molar-refractivity contribution is 0.0730. The first kappa shape index (κ1) is 18.0. The summed E-state index contributed by atoms with van der Waals surface area (Å²) < 4.78 is 5.41. The SMILES string of the molecule is Cc1ccc(C(=O)N(C)C)cc1OC(=O)c1cccc(NC(N)=O)c1. The fourth-order valence-corrected chi connectivity index (χ4v) is 2.13. The van der Waals surface area contributed by atoms with Crippen LogP contribution in [0.25, 0.3) is 0 Å². The molecular formula is C18H19N3O4. The van der Waals surface area contributed by atoms with E-state index in [1.807, 2.05) is 0 Å². The molecule has 0 unspecified atom stereocenters. The number of aryl methyl sites for hydroxylation is 1. The third-order valence-corrected chi connectivity index (χ3v) is 3.41.